The quantitative estimate of drug-likeness (QED) is 0.461. The average Bonchev–Trinajstić information content (AvgIpc) is 3.23. The van der Waals surface area contributed by atoms with Crippen LogP contribution in [0.1, 0.15) is 53.0 Å². The second-order valence-corrected chi connectivity index (χ2v) is 11.1. The Morgan fingerprint density at radius 2 is 2.03 bits per heavy atom. The monoisotopic (exact) mass is 478 g/mol. The molecule has 4 aromatic rings. The van der Waals surface area contributed by atoms with Gasteiger partial charge in [0.25, 0.3) is 5.91 Å². The number of sulfone groups is 1. The molecule has 11 nitrogen and oxygen atoms in total. The van der Waals surface area contributed by atoms with Crippen molar-refractivity contribution in [3.05, 3.63) is 53.6 Å². The Morgan fingerprint density at radius 1 is 1.18 bits per heavy atom. The topological polar surface area (TPSA) is 138 Å². The molecule has 2 fully saturated rings. The number of hydrogen-bond donors (Lipinski definition) is 1. The number of nitrogens with one attached hydrogen (secondary N) is 1. The summed E-state index contributed by atoms with van der Waals surface area (Å²) in [5.41, 5.74) is 3.89. The number of rotatable bonds is 5. The second-order valence-electron chi connectivity index (χ2n) is 8.91. The highest BCUT2D eigenvalue weighted by atomic mass is 32.2. The van der Waals surface area contributed by atoms with Crippen molar-refractivity contribution >= 4 is 32.5 Å². The number of fused-ring (bicyclic) bond motifs is 1. The summed E-state index contributed by atoms with van der Waals surface area (Å²) in [5, 5.41) is 19.5. The van der Waals surface area contributed by atoms with Crippen molar-refractivity contribution < 1.29 is 13.2 Å². The first-order chi connectivity index (χ1) is 16.4. The van der Waals surface area contributed by atoms with E-state index in [-0.39, 0.29) is 23.5 Å². The summed E-state index contributed by atoms with van der Waals surface area (Å²) in [5.74, 6) is 0.231. The van der Waals surface area contributed by atoms with E-state index >= 15 is 0 Å². The predicted molar refractivity (Wildman–Crippen MR) is 124 cm³/mol. The van der Waals surface area contributed by atoms with Gasteiger partial charge in [0.2, 0.25) is 0 Å². The standard InChI is InChI=1S/C22H22N8O3S/c1-13-20-18(22(31)24-15-3-2-4-16(9-15)29-12-23-27-28-29)10-19(14-5-6-14)25-21(20)30(26-13)17-7-8-34(32,33)11-17/h2-4,9-10,12,14,17H,5-8,11H2,1H3,(H,24,31). The van der Waals surface area contributed by atoms with Gasteiger partial charge in [-0.15, -0.1) is 5.10 Å². The van der Waals surface area contributed by atoms with Crippen LogP contribution in [0.5, 0.6) is 0 Å². The van der Waals surface area contributed by atoms with Crippen LogP contribution in [0.4, 0.5) is 5.69 Å². The lowest BCUT2D eigenvalue weighted by Gasteiger charge is -2.12. The van der Waals surface area contributed by atoms with Gasteiger partial charge < -0.3 is 5.32 Å². The summed E-state index contributed by atoms with van der Waals surface area (Å²) < 4.78 is 27.4. The van der Waals surface area contributed by atoms with Gasteiger partial charge >= 0.3 is 0 Å². The van der Waals surface area contributed by atoms with E-state index in [1.54, 1.807) is 16.8 Å². The molecule has 1 amide bonds. The van der Waals surface area contributed by atoms with Gasteiger partial charge in [0.05, 0.1) is 39.9 Å². The third kappa shape index (κ3) is 3.73. The van der Waals surface area contributed by atoms with Crippen LogP contribution in [0.2, 0.25) is 0 Å². The van der Waals surface area contributed by atoms with E-state index in [1.165, 1.54) is 11.0 Å². The van der Waals surface area contributed by atoms with Crippen molar-refractivity contribution in [1.82, 2.24) is 35.0 Å². The number of benzene rings is 1. The van der Waals surface area contributed by atoms with Gasteiger partial charge in [-0.25, -0.2) is 22.8 Å². The molecule has 4 heterocycles. The number of nitrogens with zero attached hydrogens (tertiary/aromatic N) is 7. The molecule has 34 heavy (non-hydrogen) atoms. The van der Waals surface area contributed by atoms with Crippen LogP contribution in [0, 0.1) is 6.92 Å². The number of carbonyl (C=O) groups excluding carboxylic acids is 1. The first kappa shape index (κ1) is 20.9. The Morgan fingerprint density at radius 3 is 2.74 bits per heavy atom. The maximum absolute atomic E-state index is 13.5. The fourth-order valence-electron chi connectivity index (χ4n) is 4.53. The first-order valence-corrected chi connectivity index (χ1v) is 12.9. The second kappa shape index (κ2) is 7.69. The molecule has 0 spiro atoms. The van der Waals surface area contributed by atoms with Gasteiger partial charge in [0, 0.05) is 17.3 Å². The lowest BCUT2D eigenvalue weighted by atomic mass is 10.1. The summed E-state index contributed by atoms with van der Waals surface area (Å²) >= 11 is 0. The molecule has 1 atom stereocenters. The van der Waals surface area contributed by atoms with Crippen LogP contribution in [0.25, 0.3) is 16.7 Å². The van der Waals surface area contributed by atoms with Crippen molar-refractivity contribution in [3.8, 4) is 5.69 Å². The number of carbonyl (C=O) groups is 1. The molecule has 1 aliphatic carbocycles. The molecule has 6 rings (SSSR count). The highest BCUT2D eigenvalue weighted by Gasteiger charge is 2.34. The van der Waals surface area contributed by atoms with E-state index in [0.717, 1.165) is 18.5 Å². The van der Waals surface area contributed by atoms with E-state index in [1.807, 2.05) is 25.1 Å². The molecule has 3 aromatic heterocycles. The van der Waals surface area contributed by atoms with Crippen LogP contribution in [-0.2, 0) is 9.84 Å². The third-order valence-corrected chi connectivity index (χ3v) is 8.12. The van der Waals surface area contributed by atoms with Gasteiger partial charge in [-0.3, -0.25) is 4.79 Å². The lowest BCUT2D eigenvalue weighted by Crippen LogP contribution is -2.15. The number of pyridine rings is 1. The van der Waals surface area contributed by atoms with Crippen LogP contribution < -0.4 is 5.32 Å². The SMILES string of the molecule is Cc1nn(C2CCS(=O)(=O)C2)c2nc(C3CC3)cc(C(=O)Nc3cccc(-n4cnnn4)c3)c12. The smallest absolute Gasteiger partial charge is 0.256 e. The van der Waals surface area contributed by atoms with Gasteiger partial charge in [0.1, 0.15) is 6.33 Å². The fourth-order valence-corrected chi connectivity index (χ4v) is 6.22. The van der Waals surface area contributed by atoms with Crippen LogP contribution in [-0.4, -0.2) is 60.8 Å². The van der Waals surface area contributed by atoms with E-state index in [0.29, 0.717) is 46.0 Å². The molecule has 12 heteroatoms. The Bertz CT molecular complexity index is 1520. The Hall–Kier alpha value is -3.67. The highest BCUT2D eigenvalue weighted by molar-refractivity contribution is 7.91. The highest BCUT2D eigenvalue weighted by Crippen LogP contribution is 2.41. The molecule has 0 radical (unpaired) electrons. The number of aromatic nitrogens is 7. The predicted octanol–water partition coefficient (Wildman–Crippen LogP) is 2.20. The van der Waals surface area contributed by atoms with Gasteiger partial charge in [-0.05, 0) is 60.9 Å². The van der Waals surface area contributed by atoms with E-state index in [9.17, 15) is 13.2 Å². The molecule has 1 aromatic carbocycles. The summed E-state index contributed by atoms with van der Waals surface area (Å²) in [6, 6.07) is 8.82. The van der Waals surface area contributed by atoms with Gasteiger partial charge in [-0.1, -0.05) is 6.07 Å². The van der Waals surface area contributed by atoms with Gasteiger partial charge in [0.15, 0.2) is 15.5 Å². The number of hydrogen-bond acceptors (Lipinski definition) is 8. The number of anilines is 1. The maximum atomic E-state index is 13.5. The van der Waals surface area contributed by atoms with Crippen molar-refractivity contribution in [2.45, 2.75) is 38.1 Å². The maximum Gasteiger partial charge on any atom is 0.256 e. The van der Waals surface area contributed by atoms with Gasteiger partial charge in [-0.2, -0.15) is 5.10 Å². The number of aryl methyl sites for hydroxylation is 1. The van der Waals surface area contributed by atoms with Crippen molar-refractivity contribution in [2.75, 3.05) is 16.8 Å². The molecular weight excluding hydrogens is 456 g/mol. The van der Waals surface area contributed by atoms with E-state index < -0.39 is 9.84 Å². The van der Waals surface area contributed by atoms with Crippen LogP contribution >= 0.6 is 0 Å². The van der Waals surface area contributed by atoms with Crippen molar-refractivity contribution in [1.29, 1.82) is 0 Å². The minimum absolute atomic E-state index is 0.0457. The Labute approximate surface area is 195 Å². The largest absolute Gasteiger partial charge is 0.322 e. The molecule has 0 bridgehead atoms. The summed E-state index contributed by atoms with van der Waals surface area (Å²) in [6.07, 6.45) is 4.03. The zero-order valence-corrected chi connectivity index (χ0v) is 19.2. The average molecular weight is 479 g/mol. The third-order valence-electron chi connectivity index (χ3n) is 6.37. The zero-order chi connectivity index (χ0) is 23.4. The van der Waals surface area contributed by atoms with Crippen molar-refractivity contribution in [2.24, 2.45) is 0 Å². The van der Waals surface area contributed by atoms with Crippen molar-refractivity contribution in [3.63, 3.8) is 0 Å². The van der Waals surface area contributed by atoms with Crippen LogP contribution in [0.15, 0.2) is 36.7 Å². The minimum atomic E-state index is -3.09. The summed E-state index contributed by atoms with van der Waals surface area (Å²) in [6.45, 7) is 1.83. The molecule has 1 unspecified atom stereocenters. The van der Waals surface area contributed by atoms with E-state index in [4.69, 9.17) is 4.98 Å². The van der Waals surface area contributed by atoms with E-state index in [2.05, 4.69) is 25.9 Å². The Balaban J connectivity index is 1.40. The fraction of sp³-hybridized carbons (Fsp3) is 0.364. The molecule has 1 saturated carbocycles. The first-order valence-electron chi connectivity index (χ1n) is 11.1. The Kier molecular flexibility index (Phi) is 4.73. The molecule has 174 valence electrons. The van der Waals surface area contributed by atoms with Crippen LogP contribution in [0.3, 0.4) is 0 Å². The molecule has 1 N–H and O–H groups in total. The molecule has 2 aliphatic rings. The summed E-state index contributed by atoms with van der Waals surface area (Å²) in [7, 11) is -3.09. The molecule has 1 aliphatic heterocycles. The molecule has 1 saturated heterocycles. The normalized spacial score (nSPS) is 19.5. The minimum Gasteiger partial charge on any atom is -0.322 e. The molecular formula is C22H22N8O3S. The zero-order valence-electron chi connectivity index (χ0n) is 18.4. The summed E-state index contributed by atoms with van der Waals surface area (Å²) in [4.78, 5) is 18.3. The number of tetrazole rings is 1. The lowest BCUT2D eigenvalue weighted by molar-refractivity contribution is 0.102. The number of amides is 1.